The van der Waals surface area contributed by atoms with Crippen molar-refractivity contribution in [1.29, 1.82) is 0 Å². The number of Topliss-reactive ketones (excluding diaryl/α,β-unsaturated/α-hetero) is 2. The molecule has 18 heavy (non-hydrogen) atoms. The van der Waals surface area contributed by atoms with Crippen LogP contribution in [-0.4, -0.2) is 17.7 Å². The summed E-state index contributed by atoms with van der Waals surface area (Å²) in [5.41, 5.74) is 0.521. The lowest BCUT2D eigenvalue weighted by molar-refractivity contribution is 0.0658. The Morgan fingerprint density at radius 3 is 2.78 bits per heavy atom. The van der Waals surface area contributed by atoms with E-state index in [2.05, 4.69) is 18.6 Å². The first kappa shape index (κ1) is 11.9. The summed E-state index contributed by atoms with van der Waals surface area (Å²) in [7, 11) is 0. The highest BCUT2D eigenvalue weighted by atomic mass is 16.5. The van der Waals surface area contributed by atoms with Crippen molar-refractivity contribution in [2.24, 2.45) is 0 Å². The molecule has 1 aromatic rings. The Morgan fingerprint density at radius 2 is 2.11 bits per heavy atom. The van der Waals surface area contributed by atoms with Crippen LogP contribution >= 0.6 is 0 Å². The van der Waals surface area contributed by atoms with Crippen molar-refractivity contribution in [1.82, 2.24) is 0 Å². The smallest absolute Gasteiger partial charge is 0.235 e. The molecule has 90 valence electrons. The lowest BCUT2D eigenvalue weighted by Crippen LogP contribution is -2.23. The molecule has 0 N–H and O–H groups in total. The molecule has 4 heteroatoms. The van der Waals surface area contributed by atoms with E-state index in [1.807, 2.05) is 0 Å². The third kappa shape index (κ3) is 1.76. The van der Waals surface area contributed by atoms with E-state index in [1.54, 1.807) is 25.1 Å². The SMILES string of the molecule is C=COc1cccc2c1C(=O)C(OC#CC)C2=O. The van der Waals surface area contributed by atoms with E-state index in [-0.39, 0.29) is 5.56 Å². The minimum atomic E-state index is -1.19. The van der Waals surface area contributed by atoms with Gasteiger partial charge in [0.1, 0.15) is 11.9 Å². The van der Waals surface area contributed by atoms with E-state index < -0.39 is 17.7 Å². The lowest BCUT2D eigenvalue weighted by Gasteiger charge is -2.04. The number of hydrogen-bond donors (Lipinski definition) is 0. The number of benzene rings is 1. The van der Waals surface area contributed by atoms with Gasteiger partial charge in [-0.25, -0.2) is 0 Å². The second-order valence-electron chi connectivity index (χ2n) is 3.54. The van der Waals surface area contributed by atoms with Crippen molar-refractivity contribution in [3.8, 4) is 17.8 Å². The average Bonchev–Trinajstić information content (AvgIpc) is 2.61. The van der Waals surface area contributed by atoms with Gasteiger partial charge in [0.15, 0.2) is 0 Å². The molecule has 0 heterocycles. The van der Waals surface area contributed by atoms with Crippen LogP contribution in [0.5, 0.6) is 5.75 Å². The van der Waals surface area contributed by atoms with Crippen LogP contribution < -0.4 is 4.74 Å². The highest BCUT2D eigenvalue weighted by molar-refractivity contribution is 6.29. The summed E-state index contributed by atoms with van der Waals surface area (Å²) < 4.78 is 10.1. The molecule has 0 spiro atoms. The van der Waals surface area contributed by atoms with Crippen LogP contribution in [0.15, 0.2) is 31.0 Å². The first-order valence-electron chi connectivity index (χ1n) is 5.27. The summed E-state index contributed by atoms with van der Waals surface area (Å²) in [6.07, 6.45) is 2.29. The zero-order valence-electron chi connectivity index (χ0n) is 9.73. The molecule has 0 radical (unpaired) electrons. The maximum Gasteiger partial charge on any atom is 0.235 e. The van der Waals surface area contributed by atoms with Crippen molar-refractivity contribution in [2.75, 3.05) is 0 Å². The van der Waals surface area contributed by atoms with Crippen molar-refractivity contribution in [3.63, 3.8) is 0 Å². The first-order chi connectivity index (χ1) is 8.70. The summed E-state index contributed by atoms with van der Waals surface area (Å²) >= 11 is 0. The van der Waals surface area contributed by atoms with Crippen LogP contribution in [0.2, 0.25) is 0 Å². The fourth-order valence-electron chi connectivity index (χ4n) is 1.79. The largest absolute Gasteiger partial charge is 0.465 e. The molecule has 1 unspecified atom stereocenters. The predicted octanol–water partition coefficient (Wildman–Crippen LogP) is 1.95. The van der Waals surface area contributed by atoms with Gasteiger partial charge in [-0.05, 0) is 6.07 Å². The standard InChI is InChI=1S/C14H10O4/c1-3-8-18-14-12(15)9-6-5-7-10(17-4-2)11(9)13(14)16/h4-7,14H,2H2,1H3. The molecule has 0 aromatic heterocycles. The van der Waals surface area contributed by atoms with Crippen molar-refractivity contribution >= 4 is 11.6 Å². The van der Waals surface area contributed by atoms with Gasteiger partial charge < -0.3 is 9.47 Å². The van der Waals surface area contributed by atoms with Gasteiger partial charge in [-0.3, -0.25) is 9.59 Å². The maximum absolute atomic E-state index is 12.1. The van der Waals surface area contributed by atoms with Crippen molar-refractivity contribution in [2.45, 2.75) is 13.0 Å². The van der Waals surface area contributed by atoms with Crippen LogP contribution in [0.3, 0.4) is 0 Å². The molecular weight excluding hydrogens is 232 g/mol. The molecule has 0 amide bonds. The molecule has 0 aliphatic heterocycles. The number of hydrogen-bond acceptors (Lipinski definition) is 4. The van der Waals surface area contributed by atoms with Gasteiger partial charge in [0.2, 0.25) is 17.7 Å². The second-order valence-corrected chi connectivity index (χ2v) is 3.54. The fourth-order valence-corrected chi connectivity index (χ4v) is 1.79. The van der Waals surface area contributed by atoms with Gasteiger partial charge >= 0.3 is 0 Å². The van der Waals surface area contributed by atoms with E-state index in [4.69, 9.17) is 9.47 Å². The summed E-state index contributed by atoms with van der Waals surface area (Å²) in [5, 5.41) is 0. The maximum atomic E-state index is 12.1. The molecule has 1 aliphatic rings. The minimum absolute atomic E-state index is 0.227. The van der Waals surface area contributed by atoms with Crippen LogP contribution in [0.25, 0.3) is 0 Å². The van der Waals surface area contributed by atoms with Gasteiger partial charge in [-0.2, -0.15) is 0 Å². The number of ether oxygens (including phenoxy) is 2. The van der Waals surface area contributed by atoms with E-state index in [0.29, 0.717) is 11.3 Å². The number of carbonyl (C=O) groups is 2. The molecule has 0 bridgehead atoms. The fraction of sp³-hybridized carbons (Fsp3) is 0.143. The average molecular weight is 242 g/mol. The first-order valence-corrected chi connectivity index (χ1v) is 5.27. The normalized spacial score (nSPS) is 16.6. The molecule has 4 nitrogen and oxygen atoms in total. The monoisotopic (exact) mass is 242 g/mol. The van der Waals surface area contributed by atoms with Crippen molar-refractivity contribution in [3.05, 3.63) is 42.2 Å². The Hall–Kier alpha value is -2.54. The topological polar surface area (TPSA) is 52.6 Å². The van der Waals surface area contributed by atoms with Gasteiger partial charge in [0, 0.05) is 12.5 Å². The molecule has 2 rings (SSSR count). The summed E-state index contributed by atoms with van der Waals surface area (Å²) in [4.78, 5) is 24.1. The molecule has 1 aromatic carbocycles. The zero-order valence-corrected chi connectivity index (χ0v) is 9.73. The molecule has 1 atom stereocenters. The van der Waals surface area contributed by atoms with Gasteiger partial charge in [-0.1, -0.05) is 24.6 Å². The highest BCUT2D eigenvalue weighted by Crippen LogP contribution is 2.32. The Bertz CT molecular complexity index is 590. The predicted molar refractivity (Wildman–Crippen MR) is 64.3 cm³/mol. The second kappa shape index (κ2) is 4.76. The molecule has 1 aliphatic carbocycles. The van der Waals surface area contributed by atoms with Gasteiger partial charge in [0.25, 0.3) is 0 Å². The van der Waals surface area contributed by atoms with Gasteiger partial charge in [-0.15, -0.1) is 0 Å². The summed E-state index contributed by atoms with van der Waals surface area (Å²) in [6, 6.07) is 4.80. The minimum Gasteiger partial charge on any atom is -0.465 e. The Labute approximate surface area is 104 Å². The highest BCUT2D eigenvalue weighted by Gasteiger charge is 2.42. The molecule has 0 saturated carbocycles. The summed E-state index contributed by atoms with van der Waals surface area (Å²) in [5.74, 6) is 1.95. The quantitative estimate of drug-likeness (QED) is 0.462. The molecular formula is C14H10O4. The number of carbonyl (C=O) groups excluding carboxylic acids is 2. The van der Waals surface area contributed by atoms with Crippen molar-refractivity contribution < 1.29 is 19.1 Å². The van der Waals surface area contributed by atoms with E-state index in [1.165, 1.54) is 6.26 Å². The Morgan fingerprint density at radius 1 is 1.33 bits per heavy atom. The number of rotatable bonds is 3. The van der Waals surface area contributed by atoms with Crippen LogP contribution in [0.4, 0.5) is 0 Å². The van der Waals surface area contributed by atoms with E-state index in [0.717, 1.165) is 0 Å². The zero-order chi connectivity index (χ0) is 13.1. The van der Waals surface area contributed by atoms with Crippen LogP contribution in [0, 0.1) is 12.0 Å². The molecule has 0 fully saturated rings. The molecule has 0 saturated heterocycles. The Kier molecular flexibility index (Phi) is 3.16. The van der Waals surface area contributed by atoms with Crippen LogP contribution in [-0.2, 0) is 4.74 Å². The number of fused-ring (bicyclic) bond motifs is 1. The Balaban J connectivity index is 2.47. The third-order valence-electron chi connectivity index (χ3n) is 2.50. The number of ketones is 2. The van der Waals surface area contributed by atoms with E-state index >= 15 is 0 Å². The van der Waals surface area contributed by atoms with Crippen LogP contribution in [0.1, 0.15) is 27.6 Å². The third-order valence-corrected chi connectivity index (χ3v) is 2.50. The summed E-state index contributed by atoms with van der Waals surface area (Å²) in [6.45, 7) is 4.98. The van der Waals surface area contributed by atoms with Gasteiger partial charge in [0.05, 0.1) is 11.8 Å². The lowest BCUT2D eigenvalue weighted by atomic mass is 10.1. The van der Waals surface area contributed by atoms with E-state index in [9.17, 15) is 9.59 Å².